The molecular weight excluding hydrogens is 590 g/mol. The van der Waals surface area contributed by atoms with E-state index in [4.69, 9.17) is 9.47 Å². The molecule has 2 aliphatic heterocycles. The van der Waals surface area contributed by atoms with Crippen LogP contribution in [0, 0.1) is 5.82 Å². The second kappa shape index (κ2) is 12.6. The number of benzene rings is 2. The molecule has 2 aromatic carbocycles. The molecule has 15 heteroatoms. The first-order valence-electron chi connectivity index (χ1n) is 12.9. The lowest BCUT2D eigenvalue weighted by atomic mass is 10.1. The lowest BCUT2D eigenvalue weighted by Crippen LogP contribution is -2.47. The Bertz CT molecular complexity index is 1320. The van der Waals surface area contributed by atoms with Gasteiger partial charge in [-0.1, -0.05) is 11.9 Å². The molecular formula is C26H31F4N3O6S2. The summed E-state index contributed by atoms with van der Waals surface area (Å²) in [5.41, 5.74) is -2.73. The number of ether oxygens (including phenoxy) is 3. The normalized spacial score (nSPS) is 19.7. The Balaban J connectivity index is 1.53. The highest BCUT2D eigenvalue weighted by Gasteiger charge is 2.51. The summed E-state index contributed by atoms with van der Waals surface area (Å²) in [6.07, 6.45) is -3.52. The molecule has 9 nitrogen and oxygen atoms in total. The number of carbonyl (C=O) groups excluding carboxylic acids is 1. The summed E-state index contributed by atoms with van der Waals surface area (Å²) >= 11 is 1.45. The van der Waals surface area contributed by atoms with Crippen molar-refractivity contribution in [2.75, 3.05) is 35.1 Å². The third-order valence-electron chi connectivity index (χ3n) is 6.53. The fourth-order valence-corrected chi connectivity index (χ4v) is 6.50. The number of amides is 1. The number of rotatable bonds is 9. The van der Waals surface area contributed by atoms with E-state index in [1.165, 1.54) is 30.1 Å². The van der Waals surface area contributed by atoms with Gasteiger partial charge in [0.15, 0.2) is 0 Å². The van der Waals surface area contributed by atoms with Crippen molar-refractivity contribution in [1.82, 2.24) is 4.72 Å². The zero-order valence-electron chi connectivity index (χ0n) is 22.4. The molecule has 0 aromatic heterocycles. The molecule has 41 heavy (non-hydrogen) atoms. The zero-order valence-corrected chi connectivity index (χ0v) is 24.0. The number of hydrogen-bond donors (Lipinski definition) is 2. The summed E-state index contributed by atoms with van der Waals surface area (Å²) < 4.78 is 101. The standard InChI is InChI=1S/C26H31F4N3O6S2/c1-25(2,26(28,29)30)39-24(34)32-18-8-11-23-22(13-18)33(41(35,36)21-9-6-17(27)7-10-21)15-20(38-23)14-31-40-16-19-5-3-4-12-37-19/h6-11,13,19-20,31H,3-5,12,14-16H2,1-2H3,(H,32,34)/t19?,20-/m0/s1. The number of anilines is 2. The lowest BCUT2D eigenvalue weighted by molar-refractivity contribution is -0.242. The summed E-state index contributed by atoms with van der Waals surface area (Å²) in [5, 5.41) is 2.21. The first-order chi connectivity index (χ1) is 19.3. The highest BCUT2D eigenvalue weighted by Crippen LogP contribution is 2.39. The molecule has 2 atom stereocenters. The van der Waals surface area contributed by atoms with Crippen molar-refractivity contribution in [2.24, 2.45) is 0 Å². The fraction of sp³-hybridized carbons (Fsp3) is 0.500. The van der Waals surface area contributed by atoms with Gasteiger partial charge in [-0.05, 0) is 75.6 Å². The third kappa shape index (κ3) is 7.76. The third-order valence-corrected chi connectivity index (χ3v) is 9.23. The number of alkyl halides is 3. The van der Waals surface area contributed by atoms with E-state index in [2.05, 4.69) is 14.8 Å². The molecule has 1 saturated heterocycles. The van der Waals surface area contributed by atoms with E-state index in [9.17, 15) is 30.8 Å². The van der Waals surface area contributed by atoms with Crippen LogP contribution in [0.15, 0.2) is 47.4 Å². The van der Waals surface area contributed by atoms with Crippen molar-refractivity contribution in [1.29, 1.82) is 0 Å². The minimum Gasteiger partial charge on any atom is -0.485 e. The predicted molar refractivity (Wildman–Crippen MR) is 146 cm³/mol. The van der Waals surface area contributed by atoms with E-state index in [0.29, 0.717) is 13.8 Å². The maximum absolute atomic E-state index is 13.6. The maximum atomic E-state index is 13.6. The van der Waals surface area contributed by atoms with Crippen molar-refractivity contribution in [3.63, 3.8) is 0 Å². The van der Waals surface area contributed by atoms with Crippen LogP contribution >= 0.6 is 11.9 Å². The van der Waals surface area contributed by atoms with Gasteiger partial charge >= 0.3 is 12.3 Å². The molecule has 2 aromatic rings. The van der Waals surface area contributed by atoms with E-state index >= 15 is 0 Å². The second-order valence-electron chi connectivity index (χ2n) is 10.1. The highest BCUT2D eigenvalue weighted by molar-refractivity contribution is 7.97. The second-order valence-corrected chi connectivity index (χ2v) is 12.9. The number of carbonyl (C=O) groups is 1. The zero-order chi connectivity index (χ0) is 29.8. The van der Waals surface area contributed by atoms with Gasteiger partial charge in [0.25, 0.3) is 10.0 Å². The number of fused-ring (bicyclic) bond motifs is 1. The van der Waals surface area contributed by atoms with Gasteiger partial charge in [0.2, 0.25) is 5.60 Å². The van der Waals surface area contributed by atoms with Crippen LogP contribution in [0.4, 0.5) is 33.7 Å². The Morgan fingerprint density at radius 3 is 2.51 bits per heavy atom. The molecule has 0 bridgehead atoms. The van der Waals surface area contributed by atoms with E-state index in [1.54, 1.807) is 0 Å². The van der Waals surface area contributed by atoms with Gasteiger partial charge < -0.3 is 14.2 Å². The van der Waals surface area contributed by atoms with Crippen molar-refractivity contribution in [2.45, 2.75) is 62.0 Å². The summed E-state index contributed by atoms with van der Waals surface area (Å²) in [4.78, 5) is 12.1. The van der Waals surface area contributed by atoms with E-state index in [0.717, 1.165) is 60.2 Å². The van der Waals surface area contributed by atoms with Crippen molar-refractivity contribution < 1.29 is 45.0 Å². The molecule has 0 saturated carbocycles. The Morgan fingerprint density at radius 2 is 1.85 bits per heavy atom. The molecule has 1 amide bonds. The van der Waals surface area contributed by atoms with Crippen LogP contribution in [0.25, 0.3) is 0 Å². The Labute approximate surface area is 240 Å². The number of hydrogen-bond acceptors (Lipinski definition) is 8. The monoisotopic (exact) mass is 621 g/mol. The van der Waals surface area contributed by atoms with Crippen molar-refractivity contribution >= 4 is 39.4 Å². The van der Waals surface area contributed by atoms with Crippen LogP contribution in [-0.2, 0) is 19.5 Å². The van der Waals surface area contributed by atoms with Gasteiger partial charge in [-0.15, -0.1) is 0 Å². The molecule has 2 N–H and O–H groups in total. The van der Waals surface area contributed by atoms with Crippen LogP contribution in [0.5, 0.6) is 5.75 Å². The van der Waals surface area contributed by atoms with Gasteiger partial charge in [-0.2, -0.15) is 13.2 Å². The Hall–Kier alpha value is -2.75. The van der Waals surface area contributed by atoms with E-state index in [1.807, 2.05) is 0 Å². The van der Waals surface area contributed by atoms with Crippen LogP contribution < -0.4 is 19.1 Å². The van der Waals surface area contributed by atoms with Gasteiger partial charge in [0.1, 0.15) is 17.7 Å². The van der Waals surface area contributed by atoms with Crippen LogP contribution in [0.1, 0.15) is 33.1 Å². The summed E-state index contributed by atoms with van der Waals surface area (Å²) in [7, 11) is -4.23. The van der Waals surface area contributed by atoms with Gasteiger partial charge in [0, 0.05) is 24.6 Å². The predicted octanol–water partition coefficient (Wildman–Crippen LogP) is 5.48. The molecule has 2 aliphatic rings. The number of sulfonamides is 1. The first-order valence-corrected chi connectivity index (χ1v) is 15.3. The van der Waals surface area contributed by atoms with Crippen molar-refractivity contribution in [3.8, 4) is 5.75 Å². The minimum atomic E-state index is -4.81. The highest BCUT2D eigenvalue weighted by atomic mass is 32.2. The largest absolute Gasteiger partial charge is 0.485 e. The van der Waals surface area contributed by atoms with Gasteiger partial charge in [0.05, 0.1) is 23.2 Å². The van der Waals surface area contributed by atoms with Crippen LogP contribution in [0.3, 0.4) is 0 Å². The Morgan fingerprint density at radius 1 is 1.12 bits per heavy atom. The minimum absolute atomic E-state index is 0.0192. The number of nitrogens with zero attached hydrogens (tertiary/aromatic N) is 1. The number of nitrogens with one attached hydrogen (secondary N) is 2. The average molecular weight is 622 g/mol. The topological polar surface area (TPSA) is 106 Å². The molecule has 0 aliphatic carbocycles. The van der Waals surface area contributed by atoms with E-state index in [-0.39, 0.29) is 41.2 Å². The summed E-state index contributed by atoms with van der Waals surface area (Å²) in [6.45, 7) is 2.30. The summed E-state index contributed by atoms with van der Waals surface area (Å²) in [6, 6.07) is 8.33. The smallest absolute Gasteiger partial charge is 0.427 e. The van der Waals surface area contributed by atoms with Crippen molar-refractivity contribution in [3.05, 3.63) is 48.3 Å². The molecule has 226 valence electrons. The van der Waals surface area contributed by atoms with Gasteiger partial charge in [-0.25, -0.2) is 17.6 Å². The quantitative estimate of drug-likeness (QED) is 0.216. The molecule has 4 rings (SSSR count). The fourth-order valence-electron chi connectivity index (χ4n) is 4.13. The Kier molecular flexibility index (Phi) is 9.61. The van der Waals surface area contributed by atoms with Crippen LogP contribution in [-0.4, -0.2) is 63.9 Å². The number of halogens is 4. The SMILES string of the molecule is CC(C)(OC(=O)Nc1ccc2c(c1)N(S(=O)(=O)c1ccc(F)cc1)C[C@H](CNSCC1CCCCO1)O2)C(F)(F)F. The molecule has 0 radical (unpaired) electrons. The maximum Gasteiger partial charge on any atom is 0.427 e. The average Bonchev–Trinajstić information content (AvgIpc) is 2.90. The van der Waals surface area contributed by atoms with Gasteiger partial charge in [-0.3, -0.25) is 14.3 Å². The molecule has 1 fully saturated rings. The van der Waals surface area contributed by atoms with E-state index < -0.39 is 39.8 Å². The molecule has 2 heterocycles. The lowest BCUT2D eigenvalue weighted by Gasteiger charge is -2.36. The summed E-state index contributed by atoms with van der Waals surface area (Å²) in [5.74, 6) is 0.278. The molecule has 1 unspecified atom stereocenters. The van der Waals surface area contributed by atoms with Crippen LogP contribution in [0.2, 0.25) is 0 Å². The first kappa shape index (κ1) is 31.2. The molecule has 0 spiro atoms.